The van der Waals surface area contributed by atoms with Crippen molar-refractivity contribution in [2.24, 2.45) is 0 Å². The van der Waals surface area contributed by atoms with Crippen LogP contribution in [0.3, 0.4) is 0 Å². The first-order chi connectivity index (χ1) is 9.06. The first-order valence-corrected chi connectivity index (χ1v) is 6.68. The minimum Gasteiger partial charge on any atom is -0.467 e. The number of aryl methyl sites for hydroxylation is 1. The molecule has 0 fully saturated rings. The van der Waals surface area contributed by atoms with Gasteiger partial charge in [0.05, 0.1) is 7.11 Å². The first-order valence-electron chi connectivity index (χ1n) is 6.68. The molecule has 0 amide bonds. The molecule has 1 aromatic carbocycles. The van der Waals surface area contributed by atoms with E-state index in [0.717, 1.165) is 24.8 Å². The summed E-state index contributed by atoms with van der Waals surface area (Å²) in [5, 5.41) is 3.06. The van der Waals surface area contributed by atoms with Crippen molar-refractivity contribution >= 4 is 11.7 Å². The van der Waals surface area contributed by atoms with Gasteiger partial charge in [0.1, 0.15) is 11.9 Å². The molecule has 0 radical (unpaired) electrons. The molecule has 0 saturated carbocycles. The van der Waals surface area contributed by atoms with Crippen LogP contribution in [-0.4, -0.2) is 19.1 Å². The van der Waals surface area contributed by atoms with Crippen molar-refractivity contribution in [2.75, 3.05) is 12.4 Å². The van der Waals surface area contributed by atoms with Gasteiger partial charge in [-0.05, 0) is 37.1 Å². The number of anilines is 1. The molecule has 0 aliphatic heterocycles. The lowest BCUT2D eigenvalue weighted by atomic mass is 10.1. The number of carbonyl (C=O) groups excluding carboxylic acids is 1. The zero-order chi connectivity index (χ0) is 14.3. The van der Waals surface area contributed by atoms with Crippen LogP contribution in [0.15, 0.2) is 18.2 Å². The lowest BCUT2D eigenvalue weighted by Gasteiger charge is -2.18. The van der Waals surface area contributed by atoms with Crippen LogP contribution in [0.2, 0.25) is 0 Å². The molecule has 19 heavy (non-hydrogen) atoms. The number of methoxy groups -OCH3 is 1. The van der Waals surface area contributed by atoms with Crippen LogP contribution < -0.4 is 5.32 Å². The molecule has 1 aromatic rings. The maximum absolute atomic E-state index is 13.3. The number of benzene rings is 1. The van der Waals surface area contributed by atoms with Crippen molar-refractivity contribution in [3.8, 4) is 0 Å². The van der Waals surface area contributed by atoms with Crippen LogP contribution in [-0.2, 0) is 9.53 Å². The second-order valence-corrected chi connectivity index (χ2v) is 4.73. The number of halogens is 1. The molecule has 106 valence electrons. The lowest BCUT2D eigenvalue weighted by molar-refractivity contribution is -0.141. The van der Waals surface area contributed by atoms with Crippen molar-refractivity contribution in [2.45, 2.75) is 45.6 Å². The Morgan fingerprint density at radius 2 is 2.11 bits per heavy atom. The Hall–Kier alpha value is -1.58. The molecule has 0 aliphatic rings. The van der Waals surface area contributed by atoms with Crippen LogP contribution in [0, 0.1) is 12.7 Å². The average molecular weight is 267 g/mol. The molecular formula is C15H22FNO2. The number of rotatable bonds is 7. The molecule has 1 rings (SSSR count). The Morgan fingerprint density at radius 1 is 1.37 bits per heavy atom. The third-order valence-electron chi connectivity index (χ3n) is 2.97. The summed E-state index contributed by atoms with van der Waals surface area (Å²) in [6.45, 7) is 3.93. The van der Waals surface area contributed by atoms with E-state index in [0.29, 0.717) is 12.1 Å². The van der Waals surface area contributed by atoms with E-state index in [1.165, 1.54) is 19.2 Å². The van der Waals surface area contributed by atoms with E-state index < -0.39 is 6.04 Å². The Bertz CT molecular complexity index is 400. The number of unbranched alkanes of at least 4 members (excludes halogenated alkanes) is 2. The quantitative estimate of drug-likeness (QED) is 0.605. The fraction of sp³-hybridized carbons (Fsp3) is 0.533. The van der Waals surface area contributed by atoms with Crippen LogP contribution in [0.1, 0.15) is 38.2 Å². The second-order valence-electron chi connectivity index (χ2n) is 4.73. The SMILES string of the molecule is CCCCCC(Nc1cc(C)cc(F)c1)C(=O)OC. The van der Waals surface area contributed by atoms with Crippen molar-refractivity contribution in [1.29, 1.82) is 0 Å². The predicted octanol–water partition coefficient (Wildman–Crippen LogP) is 3.67. The summed E-state index contributed by atoms with van der Waals surface area (Å²) in [5.74, 6) is -0.613. The average Bonchev–Trinajstić information content (AvgIpc) is 2.35. The number of esters is 1. The molecular weight excluding hydrogens is 245 g/mol. The van der Waals surface area contributed by atoms with Gasteiger partial charge >= 0.3 is 5.97 Å². The summed E-state index contributed by atoms with van der Waals surface area (Å²) >= 11 is 0. The fourth-order valence-corrected chi connectivity index (χ4v) is 2.01. The van der Waals surface area contributed by atoms with Crippen molar-refractivity contribution in [1.82, 2.24) is 0 Å². The van der Waals surface area contributed by atoms with Gasteiger partial charge in [-0.3, -0.25) is 0 Å². The lowest BCUT2D eigenvalue weighted by Crippen LogP contribution is -2.30. The minimum atomic E-state index is -0.419. The molecule has 3 nitrogen and oxygen atoms in total. The van der Waals surface area contributed by atoms with Crippen LogP contribution in [0.5, 0.6) is 0 Å². The summed E-state index contributed by atoms with van der Waals surface area (Å²) in [6.07, 6.45) is 3.79. The highest BCUT2D eigenvalue weighted by atomic mass is 19.1. The van der Waals surface area contributed by atoms with Crippen molar-refractivity contribution < 1.29 is 13.9 Å². The van der Waals surface area contributed by atoms with E-state index in [9.17, 15) is 9.18 Å². The Balaban J connectivity index is 2.72. The van der Waals surface area contributed by atoms with Gasteiger partial charge in [-0.1, -0.05) is 26.2 Å². The highest BCUT2D eigenvalue weighted by molar-refractivity contribution is 5.79. The van der Waals surface area contributed by atoms with Gasteiger partial charge in [0.15, 0.2) is 0 Å². The molecule has 1 unspecified atom stereocenters. The Morgan fingerprint density at radius 3 is 2.68 bits per heavy atom. The number of hydrogen-bond acceptors (Lipinski definition) is 3. The maximum atomic E-state index is 13.3. The summed E-state index contributed by atoms with van der Waals surface area (Å²) in [6, 6.07) is 4.24. The topological polar surface area (TPSA) is 38.3 Å². The number of carbonyl (C=O) groups is 1. The standard InChI is InChI=1S/C15H22FNO2/c1-4-5-6-7-14(15(18)19-3)17-13-9-11(2)8-12(16)10-13/h8-10,14,17H,4-7H2,1-3H3. The number of hydrogen-bond donors (Lipinski definition) is 1. The van der Waals surface area contributed by atoms with Gasteiger partial charge < -0.3 is 10.1 Å². The minimum absolute atomic E-state index is 0.306. The monoisotopic (exact) mass is 267 g/mol. The molecule has 0 heterocycles. The normalized spacial score (nSPS) is 12.0. The zero-order valence-corrected chi connectivity index (χ0v) is 11.8. The van der Waals surface area contributed by atoms with Gasteiger partial charge in [-0.25, -0.2) is 9.18 Å². The Kier molecular flexibility index (Phi) is 6.33. The van der Waals surface area contributed by atoms with Crippen LogP contribution in [0.4, 0.5) is 10.1 Å². The Labute approximate surface area is 114 Å². The van der Waals surface area contributed by atoms with E-state index in [2.05, 4.69) is 12.2 Å². The molecule has 0 spiro atoms. The predicted molar refractivity (Wildman–Crippen MR) is 74.7 cm³/mol. The van der Waals surface area contributed by atoms with E-state index in [-0.39, 0.29) is 11.8 Å². The van der Waals surface area contributed by atoms with E-state index in [1.807, 2.05) is 13.0 Å². The first kappa shape index (κ1) is 15.5. The fourth-order valence-electron chi connectivity index (χ4n) is 2.01. The van der Waals surface area contributed by atoms with E-state index in [1.54, 1.807) is 0 Å². The van der Waals surface area contributed by atoms with E-state index >= 15 is 0 Å². The highest BCUT2D eigenvalue weighted by Crippen LogP contribution is 2.17. The largest absolute Gasteiger partial charge is 0.467 e. The van der Waals surface area contributed by atoms with Gasteiger partial charge in [0.2, 0.25) is 0 Å². The summed E-state index contributed by atoms with van der Waals surface area (Å²) < 4.78 is 18.1. The smallest absolute Gasteiger partial charge is 0.328 e. The van der Waals surface area contributed by atoms with Gasteiger partial charge in [-0.15, -0.1) is 0 Å². The summed E-state index contributed by atoms with van der Waals surface area (Å²) in [4.78, 5) is 11.7. The number of nitrogens with one attached hydrogen (secondary N) is 1. The summed E-state index contributed by atoms with van der Waals surface area (Å²) in [5.41, 5.74) is 1.43. The van der Waals surface area contributed by atoms with Crippen LogP contribution >= 0.6 is 0 Å². The third-order valence-corrected chi connectivity index (χ3v) is 2.97. The van der Waals surface area contributed by atoms with Gasteiger partial charge in [0.25, 0.3) is 0 Å². The number of ether oxygens (including phenoxy) is 1. The maximum Gasteiger partial charge on any atom is 0.328 e. The zero-order valence-electron chi connectivity index (χ0n) is 11.8. The third kappa shape index (κ3) is 5.28. The van der Waals surface area contributed by atoms with E-state index in [4.69, 9.17) is 4.74 Å². The molecule has 0 aromatic heterocycles. The van der Waals surface area contributed by atoms with Crippen LogP contribution in [0.25, 0.3) is 0 Å². The van der Waals surface area contributed by atoms with Crippen molar-refractivity contribution in [3.05, 3.63) is 29.6 Å². The highest BCUT2D eigenvalue weighted by Gasteiger charge is 2.18. The molecule has 1 N–H and O–H groups in total. The molecule has 0 saturated heterocycles. The molecule has 4 heteroatoms. The molecule has 0 bridgehead atoms. The second kappa shape index (κ2) is 7.77. The van der Waals surface area contributed by atoms with Crippen molar-refractivity contribution in [3.63, 3.8) is 0 Å². The summed E-state index contributed by atoms with van der Waals surface area (Å²) in [7, 11) is 1.37. The van der Waals surface area contributed by atoms with Gasteiger partial charge in [0, 0.05) is 5.69 Å². The molecule has 1 atom stereocenters. The molecule has 0 aliphatic carbocycles. The van der Waals surface area contributed by atoms with Gasteiger partial charge in [-0.2, -0.15) is 0 Å².